The highest BCUT2D eigenvalue weighted by atomic mass is 13.8. The lowest BCUT2D eigenvalue weighted by atomic mass is 10.2. The van der Waals surface area contributed by atoms with Gasteiger partial charge in [0.2, 0.25) is 0 Å². The minimum atomic E-state index is 1.13. The van der Waals surface area contributed by atoms with E-state index >= 15 is 0 Å². The predicted molar refractivity (Wildman–Crippen MR) is 56.0 cm³/mol. The summed E-state index contributed by atoms with van der Waals surface area (Å²) in [6.45, 7) is 9.66. The molecule has 0 rings (SSSR count). The first-order valence-corrected chi connectivity index (χ1v) is 4.04. The molecule has 0 saturated carbocycles. The number of rotatable bonds is 3. The molecule has 0 atom stereocenters. The van der Waals surface area contributed by atoms with Crippen LogP contribution in [0.2, 0.25) is 0 Å². The normalized spacial score (nSPS) is 11.1. The summed E-state index contributed by atoms with van der Waals surface area (Å²) < 4.78 is 0. The highest BCUT2D eigenvalue weighted by molar-refractivity contribution is 5.31. The van der Waals surface area contributed by atoms with Crippen molar-refractivity contribution in [3.8, 4) is 0 Å². The Balaban J connectivity index is 4.32. The third-order valence-corrected chi connectivity index (χ3v) is 1.32. The molecule has 0 heteroatoms. The van der Waals surface area contributed by atoms with Crippen LogP contribution in [0.5, 0.6) is 0 Å². The van der Waals surface area contributed by atoms with Crippen molar-refractivity contribution >= 4 is 0 Å². The summed E-state index contributed by atoms with van der Waals surface area (Å²) in [6.07, 6.45) is 10.0. The van der Waals surface area contributed by atoms with Crippen molar-refractivity contribution in [1.29, 1.82) is 0 Å². The second-order valence-corrected chi connectivity index (χ2v) is 2.74. The van der Waals surface area contributed by atoms with Crippen LogP contribution in [-0.4, -0.2) is 0 Å². The Kier molecular flexibility index (Phi) is 5.77. The molecule has 0 aliphatic heterocycles. The molecule has 0 fully saturated rings. The standard InChI is InChI=1S/C12H16/c1-5-8-12(6-2)10-7-9-11(3)4/h6-10H,1H2,2-4H3. The summed E-state index contributed by atoms with van der Waals surface area (Å²) in [7, 11) is 0. The maximum absolute atomic E-state index is 3.52. The van der Waals surface area contributed by atoms with E-state index in [1.807, 2.05) is 31.2 Å². The molecule has 12 heavy (non-hydrogen) atoms. The van der Waals surface area contributed by atoms with Crippen LogP contribution >= 0.6 is 0 Å². The van der Waals surface area contributed by atoms with Gasteiger partial charge in [0.05, 0.1) is 0 Å². The van der Waals surface area contributed by atoms with E-state index in [1.165, 1.54) is 5.57 Å². The minimum Gasteiger partial charge on any atom is -0.128 e. The van der Waals surface area contributed by atoms with E-state index in [1.54, 1.807) is 0 Å². The average molecular weight is 160 g/mol. The van der Waals surface area contributed by atoms with Crippen molar-refractivity contribution in [2.24, 2.45) is 0 Å². The summed E-state index contributed by atoms with van der Waals surface area (Å²) in [5.74, 6) is 0. The molecule has 0 aromatic rings. The van der Waals surface area contributed by atoms with Crippen LogP contribution in [0.1, 0.15) is 20.8 Å². The van der Waals surface area contributed by atoms with Gasteiger partial charge in [-0.1, -0.05) is 36.5 Å². The highest BCUT2D eigenvalue weighted by Crippen LogP contribution is 1.99. The van der Waals surface area contributed by atoms with Gasteiger partial charge in [0.1, 0.15) is 0 Å². The molecular weight excluding hydrogens is 144 g/mol. The van der Waals surface area contributed by atoms with E-state index in [-0.39, 0.29) is 0 Å². The van der Waals surface area contributed by atoms with Gasteiger partial charge in [-0.2, -0.15) is 0 Å². The van der Waals surface area contributed by atoms with E-state index in [4.69, 9.17) is 0 Å². The van der Waals surface area contributed by atoms with Gasteiger partial charge in [-0.15, -0.1) is 5.73 Å². The molecule has 0 spiro atoms. The largest absolute Gasteiger partial charge is 0.128 e. The van der Waals surface area contributed by atoms with Crippen molar-refractivity contribution in [1.82, 2.24) is 0 Å². The van der Waals surface area contributed by atoms with Crippen LogP contribution in [0, 0.1) is 0 Å². The molecule has 0 aromatic heterocycles. The molecule has 0 unspecified atom stereocenters. The van der Waals surface area contributed by atoms with Crippen molar-refractivity contribution in [2.45, 2.75) is 20.8 Å². The first-order valence-electron chi connectivity index (χ1n) is 4.04. The maximum atomic E-state index is 3.52. The molecule has 0 saturated heterocycles. The van der Waals surface area contributed by atoms with Gasteiger partial charge in [0.15, 0.2) is 0 Å². The first-order chi connectivity index (χ1) is 5.70. The second kappa shape index (κ2) is 6.45. The summed E-state index contributed by atoms with van der Waals surface area (Å²) in [5, 5.41) is 0. The van der Waals surface area contributed by atoms with Gasteiger partial charge in [0, 0.05) is 0 Å². The summed E-state index contributed by atoms with van der Waals surface area (Å²) >= 11 is 0. The predicted octanol–water partition coefficient (Wildman–Crippen LogP) is 3.80. The molecule has 0 amide bonds. The van der Waals surface area contributed by atoms with Crippen molar-refractivity contribution in [2.75, 3.05) is 0 Å². The Labute approximate surface area is 75.3 Å². The van der Waals surface area contributed by atoms with E-state index in [2.05, 4.69) is 32.2 Å². The van der Waals surface area contributed by atoms with Crippen LogP contribution in [0.25, 0.3) is 0 Å². The van der Waals surface area contributed by atoms with Gasteiger partial charge < -0.3 is 0 Å². The zero-order chi connectivity index (χ0) is 9.40. The van der Waals surface area contributed by atoms with Crippen molar-refractivity contribution in [3.63, 3.8) is 0 Å². The molecule has 0 aliphatic carbocycles. The van der Waals surface area contributed by atoms with E-state index in [9.17, 15) is 0 Å². The average Bonchev–Trinajstić information content (AvgIpc) is 2.02. The molecule has 0 N–H and O–H groups in total. The number of hydrogen-bond donors (Lipinski definition) is 0. The topological polar surface area (TPSA) is 0 Å². The van der Waals surface area contributed by atoms with Crippen LogP contribution in [0.4, 0.5) is 0 Å². The fraction of sp³-hybridized carbons (Fsp3) is 0.250. The molecule has 0 aromatic carbocycles. The highest BCUT2D eigenvalue weighted by Gasteiger charge is 1.79. The molecule has 0 radical (unpaired) electrons. The zero-order valence-electron chi connectivity index (χ0n) is 8.09. The van der Waals surface area contributed by atoms with Crippen molar-refractivity contribution in [3.05, 3.63) is 53.8 Å². The SMILES string of the molecule is C=C=CC(C=CC=C(C)C)=CC. The Morgan fingerprint density at radius 2 is 2.00 bits per heavy atom. The van der Waals surface area contributed by atoms with Gasteiger partial charge in [-0.05, 0) is 32.4 Å². The van der Waals surface area contributed by atoms with Gasteiger partial charge in [-0.25, -0.2) is 0 Å². The maximum Gasteiger partial charge on any atom is -0.0137 e. The van der Waals surface area contributed by atoms with Crippen LogP contribution in [0.3, 0.4) is 0 Å². The summed E-state index contributed by atoms with van der Waals surface area (Å²) in [4.78, 5) is 0. The molecular formula is C12H16. The van der Waals surface area contributed by atoms with Gasteiger partial charge in [-0.3, -0.25) is 0 Å². The second-order valence-electron chi connectivity index (χ2n) is 2.74. The molecule has 0 heterocycles. The fourth-order valence-electron chi connectivity index (χ4n) is 0.697. The zero-order valence-corrected chi connectivity index (χ0v) is 8.09. The van der Waals surface area contributed by atoms with E-state index in [0.717, 1.165) is 5.57 Å². The minimum absolute atomic E-state index is 1.13. The van der Waals surface area contributed by atoms with Crippen LogP contribution in [0.15, 0.2) is 53.8 Å². The Hall–Kier alpha value is -1.26. The lowest BCUT2D eigenvalue weighted by molar-refractivity contribution is 1.39. The first kappa shape index (κ1) is 10.7. The van der Waals surface area contributed by atoms with Gasteiger partial charge in [0.25, 0.3) is 0 Å². The quantitative estimate of drug-likeness (QED) is 0.435. The van der Waals surface area contributed by atoms with Crippen molar-refractivity contribution < 1.29 is 0 Å². The number of allylic oxidation sites excluding steroid dienone is 7. The van der Waals surface area contributed by atoms with E-state index in [0.29, 0.717) is 0 Å². The molecule has 0 aliphatic rings. The molecule has 64 valence electrons. The lowest BCUT2D eigenvalue weighted by Gasteiger charge is -1.87. The summed E-state index contributed by atoms with van der Waals surface area (Å²) in [6, 6.07) is 0. The van der Waals surface area contributed by atoms with Crippen LogP contribution in [-0.2, 0) is 0 Å². The Bertz CT molecular complexity index is 252. The van der Waals surface area contributed by atoms with E-state index < -0.39 is 0 Å². The Morgan fingerprint density at radius 3 is 2.42 bits per heavy atom. The third kappa shape index (κ3) is 5.52. The monoisotopic (exact) mass is 160 g/mol. The summed E-state index contributed by atoms with van der Waals surface area (Å²) in [5.41, 5.74) is 5.16. The van der Waals surface area contributed by atoms with Gasteiger partial charge >= 0.3 is 0 Å². The number of hydrogen-bond acceptors (Lipinski definition) is 0. The molecule has 0 bridgehead atoms. The van der Waals surface area contributed by atoms with Crippen LogP contribution < -0.4 is 0 Å². The fourth-order valence-corrected chi connectivity index (χ4v) is 0.697. The third-order valence-electron chi connectivity index (χ3n) is 1.32. The molecule has 0 nitrogen and oxygen atoms in total. The smallest absolute Gasteiger partial charge is 0.0137 e. The Morgan fingerprint density at radius 1 is 1.33 bits per heavy atom. The lowest BCUT2D eigenvalue weighted by Crippen LogP contribution is -1.67.